The highest BCUT2D eigenvalue weighted by atomic mass is 35.5. The van der Waals surface area contributed by atoms with Crippen LogP contribution < -0.4 is 15.0 Å². The van der Waals surface area contributed by atoms with Gasteiger partial charge in [-0.3, -0.25) is 4.79 Å². The van der Waals surface area contributed by atoms with E-state index in [-0.39, 0.29) is 5.75 Å². The zero-order chi connectivity index (χ0) is 22.0. The average molecular weight is 467 g/mol. The smallest absolute Gasteiger partial charge is 0.420 e. The molecule has 3 heterocycles. The number of hydrogen-bond donors (Lipinski definition) is 2. The van der Waals surface area contributed by atoms with E-state index in [1.807, 2.05) is 11.0 Å². The molecule has 0 spiro atoms. The van der Waals surface area contributed by atoms with Crippen LogP contribution in [0.2, 0.25) is 0 Å². The van der Waals surface area contributed by atoms with Crippen molar-refractivity contribution in [2.24, 2.45) is 0 Å². The van der Waals surface area contributed by atoms with Gasteiger partial charge in [-0.2, -0.15) is 0 Å². The van der Waals surface area contributed by atoms with E-state index in [0.29, 0.717) is 36.6 Å². The quantitative estimate of drug-likeness (QED) is 0.529. The number of anilines is 2. The number of ether oxygens (including phenoxy) is 1. The van der Waals surface area contributed by atoms with Gasteiger partial charge in [-0.25, -0.2) is 9.36 Å². The maximum Gasteiger partial charge on any atom is 0.487 e. The van der Waals surface area contributed by atoms with Crippen LogP contribution in [0.3, 0.4) is 0 Å². The SMILES string of the molecule is O=C(Nc1ccc(OC(F)(F)Cl)cc1)c1cnc(N2CC[C@@H](O)C2)c(-c2ccns2)c1. The summed E-state index contributed by atoms with van der Waals surface area (Å²) in [6.07, 6.45) is 3.38. The number of halogens is 3. The fourth-order valence-electron chi connectivity index (χ4n) is 3.25. The summed E-state index contributed by atoms with van der Waals surface area (Å²) < 4.78 is 33.8. The molecule has 1 saturated heterocycles. The standard InChI is InChI=1S/C20H17ClF2N4O3S/c21-20(22,23)30-15-3-1-13(2-4-15)26-19(29)12-9-16(17-5-7-25-31-17)18(24-10-12)27-8-6-14(28)11-27/h1-5,7,9-10,14,28H,6,8,11H2,(H,26,29)/t14-/m1/s1. The van der Waals surface area contributed by atoms with Gasteiger partial charge in [0.15, 0.2) is 0 Å². The van der Waals surface area contributed by atoms with Crippen LogP contribution in [-0.2, 0) is 0 Å². The lowest BCUT2D eigenvalue weighted by Gasteiger charge is -2.20. The minimum Gasteiger partial charge on any atom is -0.420 e. The second-order valence-electron chi connectivity index (χ2n) is 6.89. The van der Waals surface area contributed by atoms with Crippen molar-refractivity contribution in [3.05, 3.63) is 54.4 Å². The lowest BCUT2D eigenvalue weighted by Crippen LogP contribution is -2.23. The number of nitrogens with one attached hydrogen (secondary N) is 1. The van der Waals surface area contributed by atoms with Gasteiger partial charge in [0.25, 0.3) is 5.91 Å². The summed E-state index contributed by atoms with van der Waals surface area (Å²) in [5, 5.41) is 12.6. The largest absolute Gasteiger partial charge is 0.487 e. The number of pyridine rings is 1. The molecule has 3 aromatic rings. The van der Waals surface area contributed by atoms with Crippen molar-refractivity contribution < 1.29 is 23.4 Å². The third kappa shape index (κ3) is 5.27. The molecule has 1 fully saturated rings. The Morgan fingerprint density at radius 1 is 1.32 bits per heavy atom. The van der Waals surface area contributed by atoms with Crippen LogP contribution >= 0.6 is 23.1 Å². The Labute approximate surface area is 185 Å². The van der Waals surface area contributed by atoms with E-state index in [2.05, 4.69) is 19.4 Å². The number of hydrogen-bond acceptors (Lipinski definition) is 7. The summed E-state index contributed by atoms with van der Waals surface area (Å²) in [7, 11) is 0. The molecule has 2 N–H and O–H groups in total. The van der Waals surface area contributed by atoms with Gasteiger partial charge in [-0.15, -0.1) is 8.78 Å². The Kier molecular flexibility index (Phi) is 6.03. The number of nitrogens with zero attached hydrogens (tertiary/aromatic N) is 3. The van der Waals surface area contributed by atoms with Gasteiger partial charge >= 0.3 is 5.57 Å². The molecule has 4 rings (SSSR count). The van der Waals surface area contributed by atoms with Gasteiger partial charge in [-0.05, 0) is 54.4 Å². The number of rotatable bonds is 6. The summed E-state index contributed by atoms with van der Waals surface area (Å²) in [5.41, 5.74) is -2.35. The number of amides is 1. The van der Waals surface area contributed by atoms with E-state index in [1.165, 1.54) is 42.0 Å². The average Bonchev–Trinajstić information content (AvgIpc) is 3.40. The molecule has 0 saturated carbocycles. The zero-order valence-corrected chi connectivity index (χ0v) is 17.5. The number of aromatic nitrogens is 2. The predicted molar refractivity (Wildman–Crippen MR) is 114 cm³/mol. The molecule has 162 valence electrons. The van der Waals surface area contributed by atoms with Crippen LogP contribution in [0.25, 0.3) is 10.4 Å². The van der Waals surface area contributed by atoms with Crippen molar-refractivity contribution in [3.8, 4) is 16.2 Å². The van der Waals surface area contributed by atoms with Crippen molar-refractivity contribution in [1.82, 2.24) is 9.36 Å². The molecule has 31 heavy (non-hydrogen) atoms. The maximum atomic E-state index is 12.7. The molecule has 7 nitrogen and oxygen atoms in total. The minimum absolute atomic E-state index is 0.135. The van der Waals surface area contributed by atoms with E-state index < -0.39 is 17.6 Å². The highest BCUT2D eigenvalue weighted by Gasteiger charge is 2.28. The second kappa shape index (κ2) is 8.74. The highest BCUT2D eigenvalue weighted by molar-refractivity contribution is 7.09. The summed E-state index contributed by atoms with van der Waals surface area (Å²) >= 11 is 6.03. The molecule has 0 aliphatic carbocycles. The van der Waals surface area contributed by atoms with Crippen molar-refractivity contribution in [2.45, 2.75) is 18.1 Å². The Hall–Kier alpha value is -2.82. The first-order chi connectivity index (χ1) is 14.8. The molecule has 1 aliphatic rings. The van der Waals surface area contributed by atoms with Crippen LogP contribution in [0.15, 0.2) is 48.8 Å². The second-order valence-corrected chi connectivity index (χ2v) is 8.16. The lowest BCUT2D eigenvalue weighted by molar-refractivity contribution is -0.0964. The summed E-state index contributed by atoms with van der Waals surface area (Å²) in [6.45, 7) is 1.14. The van der Waals surface area contributed by atoms with E-state index in [4.69, 9.17) is 11.6 Å². The first-order valence-corrected chi connectivity index (χ1v) is 10.4. The molecule has 1 aromatic carbocycles. The van der Waals surface area contributed by atoms with Crippen LogP contribution in [0.5, 0.6) is 5.75 Å². The number of alkyl halides is 3. The molecule has 1 atom stereocenters. The topological polar surface area (TPSA) is 87.6 Å². The van der Waals surface area contributed by atoms with E-state index in [1.54, 1.807) is 12.3 Å². The van der Waals surface area contributed by atoms with E-state index in [9.17, 15) is 18.7 Å². The van der Waals surface area contributed by atoms with Crippen molar-refractivity contribution in [2.75, 3.05) is 23.3 Å². The fourth-order valence-corrected chi connectivity index (χ4v) is 3.94. The molecule has 0 radical (unpaired) electrons. The van der Waals surface area contributed by atoms with Gasteiger partial charge in [0.2, 0.25) is 0 Å². The number of β-amino-alcohol motifs (C(OH)–C–C–N with tert-alkyl or cyclic N) is 1. The molecule has 11 heteroatoms. The first-order valence-electron chi connectivity index (χ1n) is 9.30. The number of aliphatic hydroxyl groups is 1. The highest BCUT2D eigenvalue weighted by Crippen LogP contribution is 2.34. The predicted octanol–water partition coefficient (Wildman–Crippen LogP) is 4.20. The molecule has 1 amide bonds. The van der Waals surface area contributed by atoms with Gasteiger partial charge in [0, 0.05) is 48.3 Å². The summed E-state index contributed by atoms with van der Waals surface area (Å²) in [6, 6.07) is 8.95. The summed E-state index contributed by atoms with van der Waals surface area (Å²) in [4.78, 5) is 20.1. The summed E-state index contributed by atoms with van der Waals surface area (Å²) in [5.74, 6) is 0.132. The van der Waals surface area contributed by atoms with Gasteiger partial charge in [-0.1, -0.05) is 0 Å². The van der Waals surface area contributed by atoms with Gasteiger partial charge < -0.3 is 20.1 Å². The number of benzene rings is 1. The first kappa shape index (κ1) is 21.4. The monoisotopic (exact) mass is 466 g/mol. The third-order valence-corrected chi connectivity index (χ3v) is 5.50. The number of carbonyl (C=O) groups is 1. The minimum atomic E-state index is -3.81. The normalized spacial score (nSPS) is 16.4. The van der Waals surface area contributed by atoms with Crippen LogP contribution in [0.1, 0.15) is 16.8 Å². The van der Waals surface area contributed by atoms with Crippen LogP contribution in [0, 0.1) is 0 Å². The zero-order valence-electron chi connectivity index (χ0n) is 16.0. The van der Waals surface area contributed by atoms with Crippen molar-refractivity contribution in [1.29, 1.82) is 0 Å². The molecular formula is C20H17ClF2N4O3S. The molecule has 1 aliphatic heterocycles. The Morgan fingerprint density at radius 2 is 2.10 bits per heavy atom. The fraction of sp³-hybridized carbons (Fsp3) is 0.250. The van der Waals surface area contributed by atoms with E-state index >= 15 is 0 Å². The Bertz CT molecular complexity index is 1060. The maximum absolute atomic E-state index is 12.7. The number of aliphatic hydroxyl groups excluding tert-OH is 1. The lowest BCUT2D eigenvalue weighted by atomic mass is 10.1. The Morgan fingerprint density at radius 3 is 2.71 bits per heavy atom. The van der Waals surface area contributed by atoms with Gasteiger partial charge in [0.1, 0.15) is 11.6 Å². The molecule has 2 aromatic heterocycles. The van der Waals surface area contributed by atoms with Crippen LogP contribution in [-0.4, -0.2) is 45.1 Å². The molecule has 0 unspecified atom stereocenters. The van der Waals surface area contributed by atoms with Crippen LogP contribution in [0.4, 0.5) is 20.3 Å². The third-order valence-electron chi connectivity index (χ3n) is 4.64. The molecular weight excluding hydrogens is 450 g/mol. The number of carbonyl (C=O) groups excluding carboxylic acids is 1. The molecule has 0 bridgehead atoms. The van der Waals surface area contributed by atoms with Crippen molar-refractivity contribution in [3.63, 3.8) is 0 Å². The van der Waals surface area contributed by atoms with Gasteiger partial charge in [0.05, 0.1) is 16.5 Å². The van der Waals surface area contributed by atoms with E-state index in [0.717, 1.165) is 10.4 Å². The van der Waals surface area contributed by atoms with Crippen molar-refractivity contribution >= 4 is 40.5 Å². The Balaban J connectivity index is 1.55.